The third kappa shape index (κ3) is 8.57. The third-order valence-corrected chi connectivity index (χ3v) is 8.31. The van der Waals surface area contributed by atoms with Crippen LogP contribution in [0.2, 0.25) is 0 Å². The van der Waals surface area contributed by atoms with Gasteiger partial charge in [0, 0.05) is 25.0 Å². The van der Waals surface area contributed by atoms with Gasteiger partial charge in [0.15, 0.2) is 0 Å². The van der Waals surface area contributed by atoms with Gasteiger partial charge in [0.05, 0.1) is 12.7 Å². The van der Waals surface area contributed by atoms with Crippen molar-refractivity contribution in [2.45, 2.75) is 103 Å². The molecule has 2 aliphatic carbocycles. The Bertz CT molecular complexity index is 1210. The lowest BCUT2D eigenvalue weighted by atomic mass is 9.82. The first-order valence-electron chi connectivity index (χ1n) is 15.2. The van der Waals surface area contributed by atoms with Crippen molar-refractivity contribution in [3.63, 3.8) is 0 Å². The average molecular weight is 598 g/mol. The number of carbonyl (C=O) groups is 6. The number of hydrogen-bond donors (Lipinski definition) is 4. The molecule has 5 amide bonds. The van der Waals surface area contributed by atoms with Crippen molar-refractivity contribution in [3.05, 3.63) is 24.3 Å². The SMILES string of the molecule is CC(C)(C)[C@H](NC(=O)C(NC(=O)c1cnccn1)C1CCCCC1)C(=O)N1CCCC1C(=O)NCC(=O)C(=O)NC1CC1. The molecule has 234 valence electrons. The van der Waals surface area contributed by atoms with Gasteiger partial charge in [0.25, 0.3) is 11.8 Å². The van der Waals surface area contributed by atoms with E-state index in [0.29, 0.717) is 19.4 Å². The average Bonchev–Trinajstić information content (AvgIpc) is 3.67. The highest BCUT2D eigenvalue weighted by molar-refractivity contribution is 6.37. The zero-order chi connectivity index (χ0) is 31.1. The van der Waals surface area contributed by atoms with Gasteiger partial charge in [-0.25, -0.2) is 4.98 Å². The number of carbonyl (C=O) groups excluding carboxylic acids is 6. The predicted octanol–water partition coefficient (Wildman–Crippen LogP) is 0.641. The van der Waals surface area contributed by atoms with Crippen molar-refractivity contribution < 1.29 is 28.8 Å². The molecule has 3 aliphatic rings. The van der Waals surface area contributed by atoms with E-state index in [4.69, 9.17) is 0 Å². The Morgan fingerprint density at radius 2 is 1.65 bits per heavy atom. The van der Waals surface area contributed by atoms with Gasteiger partial charge in [-0.3, -0.25) is 33.8 Å². The van der Waals surface area contributed by atoms with Crippen molar-refractivity contribution >= 4 is 35.3 Å². The van der Waals surface area contributed by atoms with Crippen molar-refractivity contribution in [1.29, 1.82) is 0 Å². The van der Waals surface area contributed by atoms with Gasteiger partial charge in [-0.05, 0) is 49.9 Å². The highest BCUT2D eigenvalue weighted by Gasteiger charge is 2.43. The quantitative estimate of drug-likeness (QED) is 0.268. The molecule has 0 aromatic carbocycles. The number of Topliss-reactive ketones (excluding diaryl/α,β-unsaturated/α-hetero) is 1. The molecule has 13 nitrogen and oxygen atoms in total. The molecule has 2 unspecified atom stereocenters. The maximum atomic E-state index is 14.0. The molecule has 43 heavy (non-hydrogen) atoms. The maximum Gasteiger partial charge on any atom is 0.289 e. The molecule has 1 aliphatic heterocycles. The summed E-state index contributed by atoms with van der Waals surface area (Å²) in [5.41, 5.74) is -0.631. The van der Waals surface area contributed by atoms with Crippen molar-refractivity contribution in [2.24, 2.45) is 11.3 Å². The molecule has 4 N–H and O–H groups in total. The minimum atomic E-state index is -0.987. The zero-order valence-corrected chi connectivity index (χ0v) is 25.2. The summed E-state index contributed by atoms with van der Waals surface area (Å²) in [7, 11) is 0. The van der Waals surface area contributed by atoms with E-state index in [0.717, 1.165) is 44.9 Å². The first-order valence-corrected chi connectivity index (χ1v) is 15.2. The van der Waals surface area contributed by atoms with Crippen LogP contribution in [0.3, 0.4) is 0 Å². The van der Waals surface area contributed by atoms with Gasteiger partial charge in [-0.15, -0.1) is 0 Å². The number of aromatic nitrogens is 2. The van der Waals surface area contributed by atoms with Crippen LogP contribution < -0.4 is 21.3 Å². The molecule has 3 fully saturated rings. The topological polar surface area (TPSA) is 180 Å². The first kappa shape index (κ1) is 32.0. The van der Waals surface area contributed by atoms with Crippen molar-refractivity contribution in [2.75, 3.05) is 13.1 Å². The van der Waals surface area contributed by atoms with E-state index < -0.39 is 65.4 Å². The molecule has 0 spiro atoms. The fourth-order valence-corrected chi connectivity index (χ4v) is 5.71. The molecule has 3 atom stereocenters. The molecule has 1 saturated heterocycles. The molecule has 0 radical (unpaired) electrons. The maximum absolute atomic E-state index is 14.0. The Balaban J connectivity index is 1.44. The van der Waals surface area contributed by atoms with Gasteiger partial charge in [-0.2, -0.15) is 0 Å². The Kier molecular flexibility index (Phi) is 10.5. The summed E-state index contributed by atoms with van der Waals surface area (Å²) in [5.74, 6) is -3.50. The molecule has 0 bridgehead atoms. The predicted molar refractivity (Wildman–Crippen MR) is 155 cm³/mol. The van der Waals surface area contributed by atoms with Crippen LogP contribution in [0.25, 0.3) is 0 Å². The number of likely N-dealkylation sites (tertiary alicyclic amines) is 1. The Morgan fingerprint density at radius 1 is 0.930 bits per heavy atom. The van der Waals surface area contributed by atoms with Gasteiger partial charge >= 0.3 is 0 Å². The third-order valence-electron chi connectivity index (χ3n) is 8.31. The molecule has 4 rings (SSSR count). The number of rotatable bonds is 11. The van der Waals surface area contributed by atoms with Crippen LogP contribution >= 0.6 is 0 Å². The number of ketones is 1. The second kappa shape index (κ2) is 14.0. The van der Waals surface area contributed by atoms with Crippen LogP contribution in [0.15, 0.2) is 18.6 Å². The normalized spacial score (nSPS) is 20.4. The van der Waals surface area contributed by atoms with Crippen LogP contribution in [0.1, 0.15) is 89.0 Å². The molecular formula is C30H43N7O6. The Morgan fingerprint density at radius 3 is 2.28 bits per heavy atom. The summed E-state index contributed by atoms with van der Waals surface area (Å²) < 4.78 is 0. The smallest absolute Gasteiger partial charge is 0.289 e. The standard InChI is InChI=1S/C30H43N7O6/c1-30(2,3)24(29(43)37-15-7-10-21(37)26(40)33-17-22(38)27(41)34-19-11-12-19)36-28(42)23(18-8-5-4-6-9-18)35-25(39)20-16-31-13-14-32-20/h13-14,16,18-19,21,23-24H,4-12,15,17H2,1-3H3,(H,33,40)(H,34,41)(H,35,39)(H,36,42)/t21?,23?,24-/m1/s1. The largest absolute Gasteiger partial charge is 0.347 e. The summed E-state index contributed by atoms with van der Waals surface area (Å²) >= 11 is 0. The number of amides is 5. The highest BCUT2D eigenvalue weighted by Crippen LogP contribution is 2.29. The van der Waals surface area contributed by atoms with Crippen LogP contribution in [-0.4, -0.2) is 87.4 Å². The highest BCUT2D eigenvalue weighted by atomic mass is 16.2. The van der Waals surface area contributed by atoms with Crippen LogP contribution in [0.4, 0.5) is 0 Å². The van der Waals surface area contributed by atoms with Gasteiger partial charge in [0.2, 0.25) is 23.5 Å². The van der Waals surface area contributed by atoms with E-state index in [1.165, 1.54) is 23.5 Å². The van der Waals surface area contributed by atoms with Crippen molar-refractivity contribution in [1.82, 2.24) is 36.1 Å². The van der Waals surface area contributed by atoms with Crippen molar-refractivity contribution in [3.8, 4) is 0 Å². The van der Waals surface area contributed by atoms with Gasteiger partial charge in [0.1, 0.15) is 23.8 Å². The lowest BCUT2D eigenvalue weighted by Crippen LogP contribution is -2.61. The summed E-state index contributed by atoms with van der Waals surface area (Å²) in [4.78, 5) is 87.4. The van der Waals surface area contributed by atoms with Gasteiger partial charge in [-0.1, -0.05) is 40.0 Å². The monoisotopic (exact) mass is 597 g/mol. The van der Waals surface area contributed by atoms with E-state index in [1.54, 1.807) is 0 Å². The molecule has 13 heteroatoms. The van der Waals surface area contributed by atoms with E-state index in [-0.39, 0.29) is 17.7 Å². The molecule has 1 aromatic rings. The number of nitrogens with zero attached hydrogens (tertiary/aromatic N) is 3. The summed E-state index contributed by atoms with van der Waals surface area (Å²) in [6.45, 7) is 5.33. The van der Waals surface area contributed by atoms with Crippen LogP contribution in [-0.2, 0) is 24.0 Å². The molecular weight excluding hydrogens is 554 g/mol. The van der Waals surface area contributed by atoms with E-state index >= 15 is 0 Å². The van der Waals surface area contributed by atoms with Crippen LogP contribution in [0, 0.1) is 11.3 Å². The molecule has 1 aromatic heterocycles. The lowest BCUT2D eigenvalue weighted by molar-refractivity contribution is -0.144. The van der Waals surface area contributed by atoms with Gasteiger partial charge < -0.3 is 26.2 Å². The second-order valence-corrected chi connectivity index (χ2v) is 12.8. The summed E-state index contributed by atoms with van der Waals surface area (Å²) in [6, 6.07) is -2.67. The number of hydrogen-bond acceptors (Lipinski definition) is 8. The number of nitrogens with one attached hydrogen (secondary N) is 4. The summed E-state index contributed by atoms with van der Waals surface area (Å²) in [5, 5.41) is 10.9. The molecule has 2 saturated carbocycles. The van der Waals surface area contributed by atoms with E-state index in [1.807, 2.05) is 20.8 Å². The van der Waals surface area contributed by atoms with E-state index in [2.05, 4.69) is 31.2 Å². The first-order chi connectivity index (χ1) is 20.5. The van der Waals surface area contributed by atoms with Crippen LogP contribution in [0.5, 0.6) is 0 Å². The fraction of sp³-hybridized carbons (Fsp3) is 0.667. The summed E-state index contributed by atoms with van der Waals surface area (Å²) in [6.07, 6.45) is 11.3. The fourth-order valence-electron chi connectivity index (χ4n) is 5.71. The minimum Gasteiger partial charge on any atom is -0.347 e. The lowest BCUT2D eigenvalue weighted by Gasteiger charge is -2.37. The zero-order valence-electron chi connectivity index (χ0n) is 25.2. The molecule has 2 heterocycles. The van der Waals surface area contributed by atoms with E-state index in [9.17, 15) is 28.8 Å². The second-order valence-electron chi connectivity index (χ2n) is 12.8. The minimum absolute atomic E-state index is 0.0256. The Labute approximate surface area is 251 Å². The Hall–Kier alpha value is -3.90.